The molecule has 3 aromatic rings. The van der Waals surface area contributed by atoms with E-state index < -0.39 is 5.97 Å². The molecule has 2 aromatic carbocycles. The van der Waals surface area contributed by atoms with Crippen molar-refractivity contribution in [2.45, 2.75) is 13.5 Å². The standard InChI is InChI=1S/C23H17Cl2NO5/c1-2-28-20-12-15(11-18-23(27)31-22(26-18)19-7-4-8-29-19)10-17(25)21(20)30-13-14-5-3-6-16(24)9-14/h3-12H,2,13H2,1H3/b18-11-. The summed E-state index contributed by atoms with van der Waals surface area (Å²) in [6, 6.07) is 14.1. The zero-order chi connectivity index (χ0) is 21.8. The van der Waals surface area contributed by atoms with Crippen LogP contribution in [0.15, 0.2) is 69.9 Å². The topological polar surface area (TPSA) is 70.3 Å². The smallest absolute Gasteiger partial charge is 0.363 e. The molecule has 0 fully saturated rings. The molecule has 158 valence electrons. The van der Waals surface area contributed by atoms with Crippen molar-refractivity contribution in [3.63, 3.8) is 0 Å². The molecular weight excluding hydrogens is 441 g/mol. The van der Waals surface area contributed by atoms with Crippen molar-refractivity contribution in [2.24, 2.45) is 4.99 Å². The number of carbonyl (C=O) groups is 1. The van der Waals surface area contributed by atoms with Gasteiger partial charge in [-0.1, -0.05) is 35.3 Å². The molecule has 8 heteroatoms. The predicted octanol–water partition coefficient (Wildman–Crippen LogP) is 5.91. The molecule has 31 heavy (non-hydrogen) atoms. The Balaban J connectivity index is 1.61. The highest BCUT2D eigenvalue weighted by atomic mass is 35.5. The second-order valence-electron chi connectivity index (χ2n) is 6.49. The van der Waals surface area contributed by atoms with Gasteiger partial charge in [0.1, 0.15) is 6.61 Å². The third-order valence-electron chi connectivity index (χ3n) is 4.26. The van der Waals surface area contributed by atoms with Crippen molar-refractivity contribution in [1.29, 1.82) is 0 Å². The quantitative estimate of drug-likeness (QED) is 0.325. The number of hydrogen-bond acceptors (Lipinski definition) is 6. The first-order valence-corrected chi connectivity index (χ1v) is 10.2. The number of nitrogens with zero attached hydrogens (tertiary/aromatic N) is 1. The van der Waals surface area contributed by atoms with Crippen LogP contribution in [0.3, 0.4) is 0 Å². The molecule has 0 atom stereocenters. The maximum atomic E-state index is 12.2. The van der Waals surface area contributed by atoms with E-state index in [-0.39, 0.29) is 18.2 Å². The highest BCUT2D eigenvalue weighted by Crippen LogP contribution is 2.38. The van der Waals surface area contributed by atoms with Gasteiger partial charge in [-0.3, -0.25) is 0 Å². The van der Waals surface area contributed by atoms with E-state index in [1.54, 1.807) is 36.4 Å². The molecule has 1 aliphatic rings. The highest BCUT2D eigenvalue weighted by molar-refractivity contribution is 6.32. The average molecular weight is 458 g/mol. The van der Waals surface area contributed by atoms with Gasteiger partial charge in [-0.25, -0.2) is 9.79 Å². The second kappa shape index (κ2) is 9.29. The molecule has 1 aromatic heterocycles. The lowest BCUT2D eigenvalue weighted by molar-refractivity contribution is -0.130. The van der Waals surface area contributed by atoms with Crippen LogP contribution in [-0.2, 0) is 16.1 Å². The van der Waals surface area contributed by atoms with Gasteiger partial charge < -0.3 is 18.6 Å². The zero-order valence-electron chi connectivity index (χ0n) is 16.4. The largest absolute Gasteiger partial charge is 0.490 e. The van der Waals surface area contributed by atoms with Crippen molar-refractivity contribution in [2.75, 3.05) is 6.61 Å². The first-order chi connectivity index (χ1) is 15.0. The first-order valence-electron chi connectivity index (χ1n) is 9.43. The van der Waals surface area contributed by atoms with E-state index in [1.807, 2.05) is 25.1 Å². The van der Waals surface area contributed by atoms with Crippen LogP contribution in [0, 0.1) is 0 Å². The Kier molecular flexibility index (Phi) is 6.30. The number of aliphatic imine (C=N–C) groups is 1. The van der Waals surface area contributed by atoms with Gasteiger partial charge in [0, 0.05) is 5.02 Å². The van der Waals surface area contributed by atoms with Crippen LogP contribution in [0.5, 0.6) is 11.5 Å². The van der Waals surface area contributed by atoms with E-state index in [0.717, 1.165) is 5.56 Å². The van der Waals surface area contributed by atoms with E-state index in [1.165, 1.54) is 6.26 Å². The Morgan fingerprint density at radius 3 is 2.71 bits per heavy atom. The minimum absolute atomic E-state index is 0.110. The van der Waals surface area contributed by atoms with Gasteiger partial charge in [0.25, 0.3) is 5.90 Å². The number of carbonyl (C=O) groups excluding carboxylic acids is 1. The SMILES string of the molecule is CCOc1cc(/C=C2\N=C(c3ccco3)OC2=O)cc(Cl)c1OCc1cccc(Cl)c1. The molecule has 0 saturated heterocycles. The number of furan rings is 1. The molecule has 4 rings (SSSR count). The van der Waals surface area contributed by atoms with Crippen LogP contribution < -0.4 is 9.47 Å². The van der Waals surface area contributed by atoms with Gasteiger partial charge in [-0.05, 0) is 60.5 Å². The number of benzene rings is 2. The summed E-state index contributed by atoms with van der Waals surface area (Å²) < 4.78 is 22.0. The zero-order valence-corrected chi connectivity index (χ0v) is 17.9. The summed E-state index contributed by atoms with van der Waals surface area (Å²) in [6.07, 6.45) is 3.04. The third kappa shape index (κ3) is 4.93. The second-order valence-corrected chi connectivity index (χ2v) is 7.34. The lowest BCUT2D eigenvalue weighted by Gasteiger charge is -2.14. The summed E-state index contributed by atoms with van der Waals surface area (Å²) in [5.41, 5.74) is 1.63. The van der Waals surface area contributed by atoms with Crippen LogP contribution in [0.2, 0.25) is 10.0 Å². The van der Waals surface area contributed by atoms with Gasteiger partial charge >= 0.3 is 5.97 Å². The molecule has 0 N–H and O–H groups in total. The molecule has 0 aliphatic carbocycles. The summed E-state index contributed by atoms with van der Waals surface area (Å²) in [5.74, 6) is 0.750. The number of esters is 1. The van der Waals surface area contributed by atoms with Crippen molar-refractivity contribution in [3.05, 3.63) is 87.4 Å². The highest BCUT2D eigenvalue weighted by Gasteiger charge is 2.26. The summed E-state index contributed by atoms with van der Waals surface area (Å²) in [5, 5.41) is 0.957. The lowest BCUT2D eigenvalue weighted by Crippen LogP contribution is -2.04. The number of cyclic esters (lactones) is 1. The van der Waals surface area contributed by atoms with Crippen molar-refractivity contribution in [1.82, 2.24) is 0 Å². The van der Waals surface area contributed by atoms with Gasteiger partial charge in [0.05, 0.1) is 17.9 Å². The van der Waals surface area contributed by atoms with Crippen LogP contribution in [0.1, 0.15) is 23.8 Å². The molecule has 0 unspecified atom stereocenters. The first kappa shape index (κ1) is 21.0. The summed E-state index contributed by atoms with van der Waals surface area (Å²) in [7, 11) is 0. The molecule has 6 nitrogen and oxygen atoms in total. The summed E-state index contributed by atoms with van der Waals surface area (Å²) in [6.45, 7) is 2.53. The fourth-order valence-corrected chi connectivity index (χ4v) is 3.42. The lowest BCUT2D eigenvalue weighted by atomic mass is 10.1. The average Bonchev–Trinajstić information content (AvgIpc) is 3.38. The molecule has 0 radical (unpaired) electrons. The Morgan fingerprint density at radius 1 is 1.10 bits per heavy atom. The normalized spacial score (nSPS) is 14.5. The Hall–Kier alpha value is -3.22. The Morgan fingerprint density at radius 2 is 1.97 bits per heavy atom. The van der Waals surface area contributed by atoms with E-state index >= 15 is 0 Å². The van der Waals surface area contributed by atoms with Gasteiger partial charge in [0.15, 0.2) is 23.0 Å². The van der Waals surface area contributed by atoms with Crippen LogP contribution in [0.25, 0.3) is 6.08 Å². The monoisotopic (exact) mass is 457 g/mol. The van der Waals surface area contributed by atoms with E-state index in [2.05, 4.69) is 4.99 Å². The summed E-state index contributed by atoms with van der Waals surface area (Å²) >= 11 is 12.5. The van der Waals surface area contributed by atoms with Gasteiger partial charge in [0.2, 0.25) is 0 Å². The van der Waals surface area contributed by atoms with Crippen LogP contribution in [0.4, 0.5) is 0 Å². The van der Waals surface area contributed by atoms with E-state index in [9.17, 15) is 4.79 Å². The van der Waals surface area contributed by atoms with Gasteiger partial charge in [-0.15, -0.1) is 0 Å². The molecule has 0 amide bonds. The Labute approximate surface area is 188 Å². The van der Waals surface area contributed by atoms with E-state index in [0.29, 0.717) is 39.5 Å². The maximum Gasteiger partial charge on any atom is 0.363 e. The number of hydrogen-bond donors (Lipinski definition) is 0. The minimum Gasteiger partial charge on any atom is -0.490 e. The number of halogens is 2. The van der Waals surface area contributed by atoms with Crippen LogP contribution >= 0.6 is 23.2 Å². The minimum atomic E-state index is -0.582. The van der Waals surface area contributed by atoms with Crippen molar-refractivity contribution in [3.8, 4) is 11.5 Å². The maximum absolute atomic E-state index is 12.2. The third-order valence-corrected chi connectivity index (χ3v) is 4.78. The van der Waals surface area contributed by atoms with Crippen molar-refractivity contribution < 1.29 is 23.4 Å². The predicted molar refractivity (Wildman–Crippen MR) is 118 cm³/mol. The molecule has 0 bridgehead atoms. The molecule has 0 spiro atoms. The number of rotatable bonds is 7. The molecule has 0 saturated carbocycles. The summed E-state index contributed by atoms with van der Waals surface area (Å²) in [4.78, 5) is 16.4. The number of ether oxygens (including phenoxy) is 3. The van der Waals surface area contributed by atoms with Crippen molar-refractivity contribution >= 4 is 41.1 Å². The molecule has 2 heterocycles. The Bertz CT molecular complexity index is 1170. The fourth-order valence-electron chi connectivity index (χ4n) is 2.93. The molecular formula is C23H17Cl2NO5. The fraction of sp³-hybridized carbons (Fsp3) is 0.130. The van der Waals surface area contributed by atoms with Gasteiger partial charge in [-0.2, -0.15) is 0 Å². The van der Waals surface area contributed by atoms with E-state index in [4.69, 9.17) is 41.8 Å². The molecule has 1 aliphatic heterocycles. The van der Waals surface area contributed by atoms with Crippen LogP contribution in [-0.4, -0.2) is 18.5 Å².